The van der Waals surface area contributed by atoms with Crippen LogP contribution in [0.15, 0.2) is 0 Å². The van der Waals surface area contributed by atoms with Crippen LogP contribution in [0.5, 0.6) is 0 Å². The third-order valence-corrected chi connectivity index (χ3v) is 1.30. The summed E-state index contributed by atoms with van der Waals surface area (Å²) in [6, 6.07) is 0. The Hall–Kier alpha value is 0.110. The van der Waals surface area contributed by atoms with Gasteiger partial charge in [-0.25, -0.2) is 8.78 Å². The van der Waals surface area contributed by atoms with Gasteiger partial charge in [0.25, 0.3) is 0 Å². The van der Waals surface area contributed by atoms with E-state index >= 15 is 0 Å². The van der Waals surface area contributed by atoms with Gasteiger partial charge in [-0.15, -0.1) is 12.4 Å². The molecule has 1 fully saturated rings. The minimum absolute atomic E-state index is 0. The van der Waals surface area contributed by atoms with Gasteiger partial charge < -0.3 is 0 Å². The molecule has 1 nitrogen and oxygen atoms in total. The molecule has 0 radical (unpaired) electrons. The van der Waals surface area contributed by atoms with E-state index in [4.69, 9.17) is 5.73 Å². The van der Waals surface area contributed by atoms with Crippen molar-refractivity contribution in [3.63, 3.8) is 0 Å². The zero-order chi connectivity index (χ0) is 5.49. The van der Waals surface area contributed by atoms with Crippen LogP contribution in [0.3, 0.4) is 0 Å². The summed E-state index contributed by atoms with van der Waals surface area (Å²) in [6.45, 7) is 0. The molecular formula is C4H8ClF2N. The molecule has 50 valence electrons. The molecule has 1 aliphatic carbocycles. The van der Waals surface area contributed by atoms with E-state index in [0.717, 1.165) is 0 Å². The van der Waals surface area contributed by atoms with Gasteiger partial charge >= 0.3 is 0 Å². The first-order valence-electron chi connectivity index (χ1n) is 2.25. The molecule has 8 heavy (non-hydrogen) atoms. The molecule has 0 aromatic carbocycles. The molecule has 1 saturated carbocycles. The van der Waals surface area contributed by atoms with Crippen molar-refractivity contribution in [2.45, 2.75) is 24.8 Å². The van der Waals surface area contributed by atoms with Crippen LogP contribution >= 0.6 is 12.4 Å². The van der Waals surface area contributed by atoms with Crippen molar-refractivity contribution in [3.05, 3.63) is 0 Å². The number of hydrogen-bond acceptors (Lipinski definition) is 1. The zero-order valence-corrected chi connectivity index (χ0v) is 5.05. The topological polar surface area (TPSA) is 26.0 Å². The number of rotatable bonds is 0. The molecule has 0 amide bonds. The Balaban J connectivity index is 0.000000490. The van der Waals surface area contributed by atoms with E-state index in [-0.39, 0.29) is 25.2 Å². The van der Waals surface area contributed by atoms with Crippen LogP contribution in [0.4, 0.5) is 8.78 Å². The van der Waals surface area contributed by atoms with Crippen molar-refractivity contribution in [3.8, 4) is 0 Å². The molecule has 0 aromatic rings. The lowest BCUT2D eigenvalue weighted by Gasteiger charge is -2.33. The Kier molecular flexibility index (Phi) is 2.18. The summed E-state index contributed by atoms with van der Waals surface area (Å²) in [6.07, 6.45) is -0.950. The van der Waals surface area contributed by atoms with Gasteiger partial charge in [-0.2, -0.15) is 0 Å². The maximum absolute atomic E-state index is 12.0. The Morgan fingerprint density at radius 1 is 1.62 bits per heavy atom. The quantitative estimate of drug-likeness (QED) is 0.506. The van der Waals surface area contributed by atoms with E-state index in [1.54, 1.807) is 0 Å². The van der Waals surface area contributed by atoms with Crippen LogP contribution in [-0.2, 0) is 0 Å². The molecular weight excluding hydrogens is 136 g/mol. The highest BCUT2D eigenvalue weighted by atomic mass is 35.5. The zero-order valence-electron chi connectivity index (χ0n) is 4.23. The summed E-state index contributed by atoms with van der Waals surface area (Å²) in [5, 5.41) is 0. The molecule has 2 atom stereocenters. The fourth-order valence-electron chi connectivity index (χ4n) is 0.529. The number of alkyl halides is 2. The first-order valence-corrected chi connectivity index (χ1v) is 2.25. The van der Waals surface area contributed by atoms with Crippen LogP contribution in [0.25, 0.3) is 0 Å². The van der Waals surface area contributed by atoms with Gasteiger partial charge in [-0.3, -0.25) is 5.73 Å². The minimum atomic E-state index is -1.99. The molecule has 0 aromatic heterocycles. The molecule has 1 aliphatic rings. The van der Waals surface area contributed by atoms with Crippen LogP contribution in [0.1, 0.15) is 12.8 Å². The molecule has 0 heterocycles. The first-order chi connectivity index (χ1) is 3.13. The van der Waals surface area contributed by atoms with E-state index in [2.05, 4.69) is 0 Å². The lowest BCUT2D eigenvalue weighted by molar-refractivity contribution is -0.0323. The smallest absolute Gasteiger partial charge is 0.190 e. The van der Waals surface area contributed by atoms with E-state index in [0.29, 0.717) is 0 Å². The van der Waals surface area contributed by atoms with E-state index < -0.39 is 12.0 Å². The van der Waals surface area contributed by atoms with Gasteiger partial charge in [0.1, 0.15) is 6.17 Å². The van der Waals surface area contributed by atoms with Gasteiger partial charge in [0.05, 0.1) is 0 Å². The fourth-order valence-corrected chi connectivity index (χ4v) is 0.529. The van der Waals surface area contributed by atoms with Crippen LogP contribution in [-0.4, -0.2) is 12.0 Å². The molecule has 0 aliphatic heterocycles. The molecule has 0 saturated heterocycles. The van der Waals surface area contributed by atoms with E-state index in [9.17, 15) is 8.78 Å². The Bertz CT molecular complexity index is 86.1. The summed E-state index contributed by atoms with van der Waals surface area (Å²) in [5.74, 6) is -1.99. The Morgan fingerprint density at radius 2 is 2.00 bits per heavy atom. The number of nitrogens with two attached hydrogens (primary N) is 1. The highest BCUT2D eigenvalue weighted by Crippen LogP contribution is 2.33. The van der Waals surface area contributed by atoms with Crippen LogP contribution in [0, 0.1) is 0 Å². The summed E-state index contributed by atoms with van der Waals surface area (Å²) in [7, 11) is 0. The molecule has 4 heteroatoms. The third kappa shape index (κ3) is 1.09. The maximum Gasteiger partial charge on any atom is 0.190 e. The molecule has 2 unspecified atom stereocenters. The van der Waals surface area contributed by atoms with Crippen molar-refractivity contribution < 1.29 is 8.78 Å². The van der Waals surface area contributed by atoms with Gasteiger partial charge in [0.15, 0.2) is 5.79 Å². The number of halogens is 3. The molecule has 2 N–H and O–H groups in total. The van der Waals surface area contributed by atoms with Gasteiger partial charge in [0.2, 0.25) is 0 Å². The van der Waals surface area contributed by atoms with E-state index in [1.165, 1.54) is 0 Å². The second-order valence-corrected chi connectivity index (χ2v) is 1.93. The van der Waals surface area contributed by atoms with Crippen molar-refractivity contribution in [2.24, 2.45) is 5.73 Å². The fraction of sp³-hybridized carbons (Fsp3) is 1.00. The van der Waals surface area contributed by atoms with E-state index in [1.807, 2.05) is 0 Å². The van der Waals surface area contributed by atoms with Crippen LogP contribution < -0.4 is 5.73 Å². The summed E-state index contributed by atoms with van der Waals surface area (Å²) >= 11 is 0. The second kappa shape index (κ2) is 2.15. The number of hydrogen-bond donors (Lipinski definition) is 1. The predicted octanol–water partition coefficient (Wildman–Crippen LogP) is 1.16. The lowest BCUT2D eigenvalue weighted by Crippen LogP contribution is -2.52. The van der Waals surface area contributed by atoms with Gasteiger partial charge in [-0.05, 0) is 6.42 Å². The van der Waals surface area contributed by atoms with Crippen molar-refractivity contribution in [1.82, 2.24) is 0 Å². The highest BCUT2D eigenvalue weighted by molar-refractivity contribution is 5.85. The largest absolute Gasteiger partial charge is 0.297 e. The maximum atomic E-state index is 12.0. The predicted molar refractivity (Wildman–Crippen MR) is 29.4 cm³/mol. The summed E-state index contributed by atoms with van der Waals surface area (Å²) < 4.78 is 23.8. The van der Waals surface area contributed by atoms with Gasteiger partial charge in [-0.1, -0.05) is 0 Å². The average molecular weight is 144 g/mol. The molecule has 0 spiro atoms. The summed E-state index contributed by atoms with van der Waals surface area (Å²) in [5.41, 5.74) is 4.72. The normalized spacial score (nSPS) is 44.6. The SMILES string of the molecule is Cl.NC1(F)CCC1F. The minimum Gasteiger partial charge on any atom is -0.297 e. The lowest BCUT2D eigenvalue weighted by atomic mass is 9.89. The Morgan fingerprint density at radius 3 is 2.00 bits per heavy atom. The first kappa shape index (κ1) is 8.11. The van der Waals surface area contributed by atoms with Gasteiger partial charge in [0, 0.05) is 6.42 Å². The van der Waals surface area contributed by atoms with Crippen molar-refractivity contribution >= 4 is 12.4 Å². The monoisotopic (exact) mass is 143 g/mol. The van der Waals surface area contributed by atoms with Crippen molar-refractivity contribution in [2.75, 3.05) is 0 Å². The second-order valence-electron chi connectivity index (χ2n) is 1.93. The molecule has 0 bridgehead atoms. The average Bonchev–Trinajstić information content (AvgIpc) is 1.63. The Labute approximate surface area is 52.7 Å². The summed E-state index contributed by atoms with van der Waals surface area (Å²) in [4.78, 5) is 0. The molecule has 1 rings (SSSR count). The standard InChI is InChI=1S/C4H7F2N.ClH/c5-3-1-2-4(3,6)7;/h3H,1-2,7H2;1H. The third-order valence-electron chi connectivity index (χ3n) is 1.30. The van der Waals surface area contributed by atoms with Crippen molar-refractivity contribution in [1.29, 1.82) is 0 Å². The van der Waals surface area contributed by atoms with Crippen LogP contribution in [0.2, 0.25) is 0 Å². The highest BCUT2D eigenvalue weighted by Gasteiger charge is 2.44.